The highest BCUT2D eigenvalue weighted by Gasteiger charge is 2.14. The monoisotopic (exact) mass is 202 g/mol. The number of hydrogen-bond acceptors (Lipinski definition) is 2. The van der Waals surface area contributed by atoms with Crippen LogP contribution in [0.1, 0.15) is 54.4 Å². The molecule has 86 valence electrons. The minimum absolute atomic E-state index is 0.0294. The maximum absolute atomic E-state index is 5.79. The summed E-state index contributed by atoms with van der Waals surface area (Å²) in [5.74, 6) is 0. The van der Waals surface area contributed by atoms with E-state index in [1.165, 1.54) is 0 Å². The van der Waals surface area contributed by atoms with Crippen LogP contribution in [0.4, 0.5) is 0 Å². The fourth-order valence-electron chi connectivity index (χ4n) is 1.35. The van der Waals surface area contributed by atoms with Gasteiger partial charge in [-0.2, -0.15) is 0 Å². The van der Waals surface area contributed by atoms with Gasteiger partial charge in [0.25, 0.3) is 0 Å². The Morgan fingerprint density at radius 2 is 1.64 bits per heavy atom. The summed E-state index contributed by atoms with van der Waals surface area (Å²) < 4.78 is 11.3. The highest BCUT2D eigenvalue weighted by molar-refractivity contribution is 4.63. The summed E-state index contributed by atoms with van der Waals surface area (Å²) in [6.45, 7) is 13.4. The van der Waals surface area contributed by atoms with Crippen LogP contribution in [-0.2, 0) is 9.47 Å². The van der Waals surface area contributed by atoms with Crippen molar-refractivity contribution in [2.24, 2.45) is 0 Å². The van der Waals surface area contributed by atoms with Crippen LogP contribution in [0.25, 0.3) is 0 Å². The highest BCUT2D eigenvalue weighted by Crippen LogP contribution is 2.13. The molecule has 0 aromatic carbocycles. The van der Waals surface area contributed by atoms with Gasteiger partial charge in [0.05, 0.1) is 17.8 Å². The van der Waals surface area contributed by atoms with Gasteiger partial charge >= 0.3 is 0 Å². The smallest absolute Gasteiger partial charge is 0.0602 e. The van der Waals surface area contributed by atoms with Crippen molar-refractivity contribution in [3.05, 3.63) is 0 Å². The fraction of sp³-hybridized carbons (Fsp3) is 1.00. The van der Waals surface area contributed by atoms with Gasteiger partial charge in [-0.1, -0.05) is 0 Å². The molecule has 0 aromatic rings. The Morgan fingerprint density at radius 1 is 1.07 bits per heavy atom. The molecule has 0 saturated heterocycles. The van der Waals surface area contributed by atoms with Crippen molar-refractivity contribution in [1.29, 1.82) is 0 Å². The van der Waals surface area contributed by atoms with E-state index in [9.17, 15) is 0 Å². The Balaban J connectivity index is 3.40. The summed E-state index contributed by atoms with van der Waals surface area (Å²) in [5, 5.41) is 0. The Morgan fingerprint density at radius 3 is 2.07 bits per heavy atom. The van der Waals surface area contributed by atoms with Crippen LogP contribution < -0.4 is 0 Å². The van der Waals surface area contributed by atoms with E-state index in [-0.39, 0.29) is 5.60 Å². The molecule has 2 nitrogen and oxygen atoms in total. The molecule has 0 N–H and O–H groups in total. The fourth-order valence-corrected chi connectivity index (χ4v) is 1.35. The van der Waals surface area contributed by atoms with Crippen molar-refractivity contribution >= 4 is 0 Å². The lowest BCUT2D eigenvalue weighted by Crippen LogP contribution is -2.25. The predicted octanol–water partition coefficient (Wildman–Crippen LogP) is 3.40. The number of rotatable bonds is 6. The van der Waals surface area contributed by atoms with E-state index in [2.05, 4.69) is 41.5 Å². The van der Waals surface area contributed by atoms with E-state index in [0.717, 1.165) is 19.4 Å². The molecule has 1 atom stereocenters. The minimum Gasteiger partial charge on any atom is -0.379 e. The molecule has 0 heterocycles. The van der Waals surface area contributed by atoms with E-state index < -0.39 is 0 Å². The molecule has 0 bridgehead atoms. The molecule has 0 fully saturated rings. The third-order valence-electron chi connectivity index (χ3n) is 1.76. The largest absolute Gasteiger partial charge is 0.379 e. The maximum Gasteiger partial charge on any atom is 0.0602 e. The molecule has 0 radical (unpaired) electrons. The summed E-state index contributed by atoms with van der Waals surface area (Å²) in [4.78, 5) is 0. The summed E-state index contributed by atoms with van der Waals surface area (Å²) in [6.07, 6.45) is 2.82. The van der Waals surface area contributed by atoms with Gasteiger partial charge in [0.1, 0.15) is 0 Å². The molecule has 0 saturated carbocycles. The van der Waals surface area contributed by atoms with Gasteiger partial charge in [0, 0.05) is 6.61 Å². The van der Waals surface area contributed by atoms with Crippen LogP contribution in [0.15, 0.2) is 0 Å². The molecule has 0 aliphatic rings. The third kappa shape index (κ3) is 10.0. The molecule has 0 aliphatic carbocycles. The zero-order valence-corrected chi connectivity index (χ0v) is 10.6. The molecule has 0 spiro atoms. The average molecular weight is 202 g/mol. The third-order valence-corrected chi connectivity index (χ3v) is 1.76. The van der Waals surface area contributed by atoms with Crippen LogP contribution >= 0.6 is 0 Å². The molecule has 0 aliphatic heterocycles. The van der Waals surface area contributed by atoms with E-state index in [1.807, 2.05) is 0 Å². The number of hydrogen-bond donors (Lipinski definition) is 0. The van der Waals surface area contributed by atoms with Crippen molar-refractivity contribution in [3.8, 4) is 0 Å². The standard InChI is InChI=1S/C12H26O2/c1-10(2)13-9-7-8-11(3)14-12(4,5)6/h10-11H,7-9H2,1-6H3/t11-/m1/s1. The molecule has 14 heavy (non-hydrogen) atoms. The Kier molecular flexibility index (Phi) is 6.38. The quantitative estimate of drug-likeness (QED) is 0.615. The van der Waals surface area contributed by atoms with Gasteiger partial charge < -0.3 is 9.47 Å². The van der Waals surface area contributed by atoms with Gasteiger partial charge in [-0.05, 0) is 54.4 Å². The second-order valence-electron chi connectivity index (χ2n) is 5.10. The molecular formula is C12H26O2. The summed E-state index contributed by atoms with van der Waals surface area (Å²) in [7, 11) is 0. The lowest BCUT2D eigenvalue weighted by atomic mass is 10.1. The topological polar surface area (TPSA) is 18.5 Å². The first kappa shape index (κ1) is 13.9. The van der Waals surface area contributed by atoms with E-state index >= 15 is 0 Å². The van der Waals surface area contributed by atoms with Crippen LogP contribution in [0.3, 0.4) is 0 Å². The van der Waals surface area contributed by atoms with Crippen LogP contribution in [0.2, 0.25) is 0 Å². The van der Waals surface area contributed by atoms with E-state index in [4.69, 9.17) is 9.47 Å². The van der Waals surface area contributed by atoms with Gasteiger partial charge in [-0.3, -0.25) is 0 Å². The van der Waals surface area contributed by atoms with Gasteiger partial charge in [0.2, 0.25) is 0 Å². The van der Waals surface area contributed by atoms with Crippen LogP contribution in [0.5, 0.6) is 0 Å². The van der Waals surface area contributed by atoms with E-state index in [0.29, 0.717) is 12.2 Å². The summed E-state index contributed by atoms with van der Waals surface area (Å²) >= 11 is 0. The zero-order valence-electron chi connectivity index (χ0n) is 10.6. The summed E-state index contributed by atoms with van der Waals surface area (Å²) in [6, 6.07) is 0. The Bertz CT molecular complexity index is 136. The normalized spacial score (nSPS) is 14.8. The first-order valence-electron chi connectivity index (χ1n) is 5.60. The highest BCUT2D eigenvalue weighted by atomic mass is 16.5. The molecule has 0 rings (SSSR count). The molecule has 0 unspecified atom stereocenters. The lowest BCUT2D eigenvalue weighted by molar-refractivity contribution is -0.0578. The maximum atomic E-state index is 5.79. The predicted molar refractivity (Wildman–Crippen MR) is 60.6 cm³/mol. The van der Waals surface area contributed by atoms with Crippen molar-refractivity contribution in [1.82, 2.24) is 0 Å². The lowest BCUT2D eigenvalue weighted by Gasteiger charge is -2.25. The Hall–Kier alpha value is -0.0800. The Labute approximate surface area is 89.0 Å². The SMILES string of the molecule is CC(C)OCCC[C@@H](C)OC(C)(C)C. The van der Waals surface area contributed by atoms with Crippen LogP contribution in [-0.4, -0.2) is 24.4 Å². The second-order valence-corrected chi connectivity index (χ2v) is 5.10. The van der Waals surface area contributed by atoms with Crippen LogP contribution in [0, 0.1) is 0 Å². The molecular weight excluding hydrogens is 176 g/mol. The first-order valence-corrected chi connectivity index (χ1v) is 5.60. The molecule has 0 amide bonds. The molecule has 2 heteroatoms. The number of ether oxygens (including phenoxy) is 2. The van der Waals surface area contributed by atoms with Crippen molar-refractivity contribution in [2.45, 2.75) is 72.2 Å². The second kappa shape index (κ2) is 6.41. The average Bonchev–Trinajstić information content (AvgIpc) is 1.94. The minimum atomic E-state index is -0.0294. The van der Waals surface area contributed by atoms with Crippen molar-refractivity contribution in [3.63, 3.8) is 0 Å². The van der Waals surface area contributed by atoms with E-state index in [1.54, 1.807) is 0 Å². The first-order chi connectivity index (χ1) is 6.31. The zero-order chi connectivity index (χ0) is 11.2. The van der Waals surface area contributed by atoms with Crippen molar-refractivity contribution in [2.75, 3.05) is 6.61 Å². The summed E-state index contributed by atoms with van der Waals surface area (Å²) in [5.41, 5.74) is -0.0294. The van der Waals surface area contributed by atoms with Gasteiger partial charge in [-0.25, -0.2) is 0 Å². The molecule has 0 aromatic heterocycles. The van der Waals surface area contributed by atoms with Gasteiger partial charge in [-0.15, -0.1) is 0 Å². The van der Waals surface area contributed by atoms with Crippen molar-refractivity contribution < 1.29 is 9.47 Å². The van der Waals surface area contributed by atoms with Gasteiger partial charge in [0.15, 0.2) is 0 Å².